The predicted octanol–water partition coefficient (Wildman–Crippen LogP) is -0.244. The van der Waals surface area contributed by atoms with Crippen LogP contribution < -0.4 is 5.32 Å². The molecule has 1 aliphatic heterocycles. The van der Waals surface area contributed by atoms with Crippen LogP contribution in [0.15, 0.2) is 0 Å². The van der Waals surface area contributed by atoms with E-state index in [2.05, 4.69) is 24.3 Å². The van der Waals surface area contributed by atoms with Gasteiger partial charge in [0.05, 0.1) is 6.61 Å². The average Bonchev–Trinajstić information content (AvgIpc) is 1.88. The first-order valence-corrected chi connectivity index (χ1v) is 3.65. The summed E-state index contributed by atoms with van der Waals surface area (Å²) in [6.45, 7) is 3.54. The lowest BCUT2D eigenvalue weighted by molar-refractivity contribution is 0.0345. The third-order valence-electron chi connectivity index (χ3n) is 1.55. The fraction of sp³-hybridized carbons (Fsp3) is 1.00. The van der Waals surface area contributed by atoms with Crippen LogP contribution in [-0.4, -0.2) is 45.4 Å². The van der Waals surface area contributed by atoms with E-state index in [0.717, 1.165) is 19.7 Å². The third kappa shape index (κ3) is 2.64. The van der Waals surface area contributed by atoms with Gasteiger partial charge in [0.25, 0.3) is 0 Å². The van der Waals surface area contributed by atoms with Crippen LogP contribution in [0.4, 0.5) is 0 Å². The zero-order valence-electron chi connectivity index (χ0n) is 6.71. The van der Waals surface area contributed by atoms with Gasteiger partial charge in [0.15, 0.2) is 0 Å². The van der Waals surface area contributed by atoms with E-state index >= 15 is 0 Å². The summed E-state index contributed by atoms with van der Waals surface area (Å²) in [6, 6.07) is 0. The minimum absolute atomic E-state index is 0.601. The molecule has 1 radical (unpaired) electrons. The number of nitrogens with zero attached hydrogens (tertiary/aromatic N) is 2. The molecule has 1 saturated heterocycles. The van der Waals surface area contributed by atoms with E-state index in [-0.39, 0.29) is 0 Å². The Morgan fingerprint density at radius 3 is 2.90 bits per heavy atom. The Kier molecular flexibility index (Phi) is 3.12. The molecule has 0 spiro atoms. The van der Waals surface area contributed by atoms with E-state index in [4.69, 9.17) is 4.74 Å². The molecule has 0 aromatic heterocycles. The molecule has 0 bridgehead atoms. The fourth-order valence-electron chi connectivity index (χ4n) is 1.20. The molecule has 0 aliphatic carbocycles. The lowest BCUT2D eigenvalue weighted by Crippen LogP contribution is -2.36. The Hall–Kier alpha value is -0.120. The van der Waals surface area contributed by atoms with Crippen molar-refractivity contribution in [2.45, 2.75) is 0 Å². The van der Waals surface area contributed by atoms with Crippen LogP contribution in [-0.2, 0) is 4.74 Å². The summed E-state index contributed by atoms with van der Waals surface area (Å²) in [5, 5.41) is 4.16. The smallest absolute Gasteiger partial charge is 0.112 e. The van der Waals surface area contributed by atoms with Gasteiger partial charge in [0.1, 0.15) is 6.73 Å². The molecule has 3 heteroatoms. The highest BCUT2D eigenvalue weighted by molar-refractivity contribution is 4.66. The molecule has 10 heavy (non-hydrogen) atoms. The van der Waals surface area contributed by atoms with Crippen molar-refractivity contribution >= 4 is 0 Å². The van der Waals surface area contributed by atoms with E-state index in [0.29, 0.717) is 12.6 Å². The maximum atomic E-state index is 5.19. The minimum atomic E-state index is 0.601. The summed E-state index contributed by atoms with van der Waals surface area (Å²) >= 11 is 0. The van der Waals surface area contributed by atoms with E-state index in [1.54, 1.807) is 0 Å². The third-order valence-corrected chi connectivity index (χ3v) is 1.55. The molecule has 1 unspecified atom stereocenters. The molecule has 0 N–H and O–H groups in total. The Labute approximate surface area is 62.3 Å². The second-order valence-electron chi connectivity index (χ2n) is 3.03. The summed E-state index contributed by atoms with van der Waals surface area (Å²) in [4.78, 5) is 2.18. The van der Waals surface area contributed by atoms with Gasteiger partial charge in [-0.2, -0.15) is 0 Å². The van der Waals surface area contributed by atoms with Gasteiger partial charge in [-0.25, -0.2) is 5.32 Å². The second kappa shape index (κ2) is 3.91. The van der Waals surface area contributed by atoms with Crippen molar-refractivity contribution in [2.24, 2.45) is 5.92 Å². The molecular formula is C7H15N2O. The fourth-order valence-corrected chi connectivity index (χ4v) is 1.20. The Bertz CT molecular complexity index is 89.6. The molecule has 0 amide bonds. The van der Waals surface area contributed by atoms with E-state index in [1.165, 1.54) is 0 Å². The molecule has 0 saturated carbocycles. The normalized spacial score (nSPS) is 27.3. The summed E-state index contributed by atoms with van der Waals surface area (Å²) in [6.07, 6.45) is 0. The maximum absolute atomic E-state index is 5.19. The summed E-state index contributed by atoms with van der Waals surface area (Å²) in [5.74, 6) is 0.615. The number of ether oxygens (including phenoxy) is 1. The van der Waals surface area contributed by atoms with E-state index in [1.807, 2.05) is 0 Å². The first kappa shape index (κ1) is 7.98. The second-order valence-corrected chi connectivity index (χ2v) is 3.03. The van der Waals surface area contributed by atoms with Gasteiger partial charge in [0, 0.05) is 19.0 Å². The molecule has 0 aromatic rings. The van der Waals surface area contributed by atoms with E-state index in [9.17, 15) is 0 Å². The van der Waals surface area contributed by atoms with Crippen LogP contribution in [0.3, 0.4) is 0 Å². The summed E-state index contributed by atoms with van der Waals surface area (Å²) < 4.78 is 5.19. The Balaban J connectivity index is 2.13. The van der Waals surface area contributed by atoms with Gasteiger partial charge < -0.3 is 9.64 Å². The molecule has 1 atom stereocenters. The minimum Gasteiger partial charge on any atom is -0.364 e. The molecule has 0 aromatic carbocycles. The van der Waals surface area contributed by atoms with Crippen molar-refractivity contribution in [3.05, 3.63) is 0 Å². The van der Waals surface area contributed by atoms with Crippen molar-refractivity contribution in [1.82, 2.24) is 10.2 Å². The monoisotopic (exact) mass is 143 g/mol. The zero-order valence-corrected chi connectivity index (χ0v) is 6.71. The average molecular weight is 143 g/mol. The molecule has 1 heterocycles. The molecule has 1 fully saturated rings. The Morgan fingerprint density at radius 1 is 1.60 bits per heavy atom. The van der Waals surface area contributed by atoms with Crippen molar-refractivity contribution in [3.63, 3.8) is 0 Å². The van der Waals surface area contributed by atoms with E-state index < -0.39 is 0 Å². The highest BCUT2D eigenvalue weighted by Crippen LogP contribution is 2.02. The SMILES string of the molecule is CN(C)CC1C[N]COC1. The molecule has 3 nitrogen and oxygen atoms in total. The van der Waals surface area contributed by atoms with Gasteiger partial charge in [0.2, 0.25) is 0 Å². The topological polar surface area (TPSA) is 26.6 Å². The molecule has 1 rings (SSSR count). The number of rotatable bonds is 2. The van der Waals surface area contributed by atoms with Gasteiger partial charge >= 0.3 is 0 Å². The maximum Gasteiger partial charge on any atom is 0.112 e. The molecular weight excluding hydrogens is 128 g/mol. The van der Waals surface area contributed by atoms with Crippen molar-refractivity contribution in [2.75, 3.05) is 40.5 Å². The standard InChI is InChI=1S/C7H15N2O/c1-9(2)4-7-3-8-6-10-5-7/h7H,3-6H2,1-2H3. The van der Waals surface area contributed by atoms with Crippen LogP contribution in [0.1, 0.15) is 0 Å². The predicted molar refractivity (Wildman–Crippen MR) is 39.9 cm³/mol. The summed E-state index contributed by atoms with van der Waals surface area (Å²) in [5.41, 5.74) is 0. The Morgan fingerprint density at radius 2 is 2.40 bits per heavy atom. The number of hydrogen-bond acceptors (Lipinski definition) is 2. The number of hydrogen-bond donors (Lipinski definition) is 0. The first-order chi connectivity index (χ1) is 4.79. The quantitative estimate of drug-likeness (QED) is 0.533. The van der Waals surface area contributed by atoms with Crippen LogP contribution in [0.25, 0.3) is 0 Å². The summed E-state index contributed by atoms with van der Waals surface area (Å²) in [7, 11) is 4.16. The lowest BCUT2D eigenvalue weighted by Gasteiger charge is -2.24. The van der Waals surface area contributed by atoms with Gasteiger partial charge in [-0.05, 0) is 14.1 Å². The van der Waals surface area contributed by atoms with Crippen LogP contribution >= 0.6 is 0 Å². The van der Waals surface area contributed by atoms with Crippen LogP contribution in [0.2, 0.25) is 0 Å². The zero-order chi connectivity index (χ0) is 7.40. The molecule has 1 aliphatic rings. The largest absolute Gasteiger partial charge is 0.364 e. The lowest BCUT2D eigenvalue weighted by atomic mass is 10.1. The van der Waals surface area contributed by atoms with Crippen molar-refractivity contribution < 1.29 is 4.74 Å². The van der Waals surface area contributed by atoms with Gasteiger partial charge in [-0.1, -0.05) is 0 Å². The first-order valence-electron chi connectivity index (χ1n) is 3.65. The van der Waals surface area contributed by atoms with Gasteiger partial charge in [-0.3, -0.25) is 0 Å². The van der Waals surface area contributed by atoms with Crippen LogP contribution in [0, 0.1) is 5.92 Å². The van der Waals surface area contributed by atoms with Gasteiger partial charge in [-0.15, -0.1) is 0 Å². The van der Waals surface area contributed by atoms with Crippen LogP contribution in [0.5, 0.6) is 0 Å². The van der Waals surface area contributed by atoms with Crippen molar-refractivity contribution in [1.29, 1.82) is 0 Å². The highest BCUT2D eigenvalue weighted by atomic mass is 16.5. The van der Waals surface area contributed by atoms with Crippen molar-refractivity contribution in [3.8, 4) is 0 Å². The molecule has 59 valence electrons. The highest BCUT2D eigenvalue weighted by Gasteiger charge is 2.14.